The zero-order chi connectivity index (χ0) is 20.2. The van der Waals surface area contributed by atoms with Crippen LogP contribution in [0.5, 0.6) is 0 Å². The van der Waals surface area contributed by atoms with Crippen molar-refractivity contribution in [2.45, 2.75) is 44.9 Å². The van der Waals surface area contributed by atoms with Gasteiger partial charge in [-0.25, -0.2) is 4.79 Å². The van der Waals surface area contributed by atoms with E-state index >= 15 is 0 Å². The maximum atomic E-state index is 11.3. The van der Waals surface area contributed by atoms with E-state index in [1.54, 1.807) is 25.3 Å². The molecule has 1 aliphatic rings. The molecule has 1 N–H and O–H groups in total. The first-order chi connectivity index (χ1) is 14.1. The predicted octanol–water partition coefficient (Wildman–Crippen LogP) is 6.75. The highest BCUT2D eigenvalue weighted by Crippen LogP contribution is 2.33. The summed E-state index contributed by atoms with van der Waals surface area (Å²) in [7, 11) is 0. The SMILES string of the molecule is Cc1ccc(-c2ccc(C=Nc3ccc(C4CCCCC4)cc3)o2)cc1C(=O)O. The van der Waals surface area contributed by atoms with Crippen LogP contribution in [0.3, 0.4) is 0 Å². The van der Waals surface area contributed by atoms with Crippen LogP contribution in [0.4, 0.5) is 5.69 Å². The van der Waals surface area contributed by atoms with E-state index in [0.29, 0.717) is 17.4 Å². The van der Waals surface area contributed by atoms with Gasteiger partial charge in [-0.15, -0.1) is 0 Å². The number of carboxylic acids is 1. The van der Waals surface area contributed by atoms with E-state index in [0.717, 1.165) is 16.8 Å². The van der Waals surface area contributed by atoms with Gasteiger partial charge in [-0.05, 0) is 67.1 Å². The molecule has 4 rings (SSSR count). The van der Waals surface area contributed by atoms with Crippen LogP contribution in [0.1, 0.15) is 65.3 Å². The van der Waals surface area contributed by atoms with Crippen LogP contribution in [0, 0.1) is 6.92 Å². The van der Waals surface area contributed by atoms with E-state index in [1.165, 1.54) is 37.7 Å². The van der Waals surface area contributed by atoms with Gasteiger partial charge in [0.2, 0.25) is 0 Å². The quantitative estimate of drug-likeness (QED) is 0.492. The van der Waals surface area contributed by atoms with Crippen molar-refractivity contribution in [2.24, 2.45) is 4.99 Å². The summed E-state index contributed by atoms with van der Waals surface area (Å²) < 4.78 is 5.84. The third-order valence-corrected chi connectivity index (χ3v) is 5.69. The third-order valence-electron chi connectivity index (χ3n) is 5.69. The molecule has 29 heavy (non-hydrogen) atoms. The number of aromatic carboxylic acids is 1. The third kappa shape index (κ3) is 4.48. The molecule has 4 heteroatoms. The van der Waals surface area contributed by atoms with Crippen molar-refractivity contribution in [1.82, 2.24) is 0 Å². The molecule has 1 heterocycles. The molecule has 1 saturated carbocycles. The Labute approximate surface area is 170 Å². The van der Waals surface area contributed by atoms with Gasteiger partial charge in [-0.1, -0.05) is 43.5 Å². The number of furan rings is 1. The van der Waals surface area contributed by atoms with Crippen LogP contribution in [-0.2, 0) is 0 Å². The van der Waals surface area contributed by atoms with Gasteiger partial charge in [0.15, 0.2) is 0 Å². The molecule has 0 radical (unpaired) electrons. The van der Waals surface area contributed by atoms with Crippen molar-refractivity contribution in [1.29, 1.82) is 0 Å². The maximum Gasteiger partial charge on any atom is 0.335 e. The van der Waals surface area contributed by atoms with E-state index in [2.05, 4.69) is 29.3 Å². The molecule has 2 aromatic carbocycles. The van der Waals surface area contributed by atoms with Crippen LogP contribution >= 0.6 is 0 Å². The smallest absolute Gasteiger partial charge is 0.335 e. The average molecular weight is 387 g/mol. The minimum atomic E-state index is -0.936. The van der Waals surface area contributed by atoms with E-state index in [1.807, 2.05) is 18.2 Å². The molecule has 3 aromatic rings. The van der Waals surface area contributed by atoms with Gasteiger partial charge in [-0.2, -0.15) is 0 Å². The largest absolute Gasteiger partial charge is 0.478 e. The molecule has 1 aliphatic carbocycles. The molecular weight excluding hydrogens is 362 g/mol. The summed E-state index contributed by atoms with van der Waals surface area (Å²) >= 11 is 0. The topological polar surface area (TPSA) is 62.8 Å². The van der Waals surface area contributed by atoms with Gasteiger partial charge in [0.25, 0.3) is 0 Å². The van der Waals surface area contributed by atoms with Crippen molar-refractivity contribution >= 4 is 17.9 Å². The highest BCUT2D eigenvalue weighted by Gasteiger charge is 2.15. The summed E-state index contributed by atoms with van der Waals surface area (Å²) in [6, 6.07) is 17.5. The lowest BCUT2D eigenvalue weighted by Gasteiger charge is -2.21. The first-order valence-electron chi connectivity index (χ1n) is 10.2. The predicted molar refractivity (Wildman–Crippen MR) is 115 cm³/mol. The van der Waals surface area contributed by atoms with Crippen LogP contribution in [0.2, 0.25) is 0 Å². The van der Waals surface area contributed by atoms with E-state index in [9.17, 15) is 9.90 Å². The molecule has 0 spiro atoms. The number of aliphatic imine (C=N–C) groups is 1. The summed E-state index contributed by atoms with van der Waals surface area (Å²) in [5.74, 6) is 1.02. The monoisotopic (exact) mass is 387 g/mol. The zero-order valence-corrected chi connectivity index (χ0v) is 16.6. The maximum absolute atomic E-state index is 11.3. The standard InChI is InChI=1S/C25H25NO3/c1-17-7-8-20(15-23(17)25(27)28)24-14-13-22(29-24)16-26-21-11-9-19(10-12-21)18-5-3-2-4-6-18/h7-16,18H,2-6H2,1H3,(H,27,28). The Bertz CT molecular complexity index is 1020. The fourth-order valence-electron chi connectivity index (χ4n) is 3.99. The number of nitrogens with zero attached hydrogens (tertiary/aromatic N) is 1. The summed E-state index contributed by atoms with van der Waals surface area (Å²) in [4.78, 5) is 15.9. The first kappa shape index (κ1) is 19.2. The normalized spacial score (nSPS) is 15.1. The molecule has 0 saturated heterocycles. The minimum absolute atomic E-state index is 0.284. The summed E-state index contributed by atoms with van der Waals surface area (Å²) in [5.41, 5.74) is 4.06. The van der Waals surface area contributed by atoms with Gasteiger partial charge in [0.1, 0.15) is 11.5 Å². The van der Waals surface area contributed by atoms with Crippen LogP contribution in [-0.4, -0.2) is 17.3 Å². The number of rotatable bonds is 5. The summed E-state index contributed by atoms with van der Waals surface area (Å²) in [6.07, 6.45) is 8.32. The van der Waals surface area contributed by atoms with Gasteiger partial charge in [0, 0.05) is 5.56 Å². The van der Waals surface area contributed by atoms with Crippen LogP contribution in [0.15, 0.2) is 64.0 Å². The second-order valence-electron chi connectivity index (χ2n) is 7.72. The number of hydrogen-bond donors (Lipinski definition) is 1. The number of benzene rings is 2. The lowest BCUT2D eigenvalue weighted by molar-refractivity contribution is 0.0696. The van der Waals surface area contributed by atoms with Crippen molar-refractivity contribution in [3.63, 3.8) is 0 Å². The summed E-state index contributed by atoms with van der Waals surface area (Å²) in [5, 5.41) is 9.30. The minimum Gasteiger partial charge on any atom is -0.478 e. The Morgan fingerprint density at radius 2 is 1.79 bits per heavy atom. The van der Waals surface area contributed by atoms with Gasteiger partial charge >= 0.3 is 5.97 Å². The highest BCUT2D eigenvalue weighted by molar-refractivity contribution is 5.91. The second kappa shape index (κ2) is 8.48. The molecular formula is C25H25NO3. The van der Waals surface area contributed by atoms with Crippen molar-refractivity contribution in [3.05, 3.63) is 77.0 Å². The Hall–Kier alpha value is -3.14. The molecule has 0 unspecified atom stereocenters. The number of aryl methyl sites for hydroxylation is 1. The van der Waals surface area contributed by atoms with E-state index < -0.39 is 5.97 Å². The van der Waals surface area contributed by atoms with Crippen molar-refractivity contribution < 1.29 is 14.3 Å². The van der Waals surface area contributed by atoms with E-state index in [4.69, 9.17) is 4.42 Å². The molecule has 0 amide bonds. The second-order valence-corrected chi connectivity index (χ2v) is 7.72. The number of hydrogen-bond acceptors (Lipinski definition) is 3. The molecule has 0 atom stereocenters. The lowest BCUT2D eigenvalue weighted by Crippen LogP contribution is -2.03. The number of carbonyl (C=O) groups is 1. The van der Waals surface area contributed by atoms with Crippen LogP contribution in [0.25, 0.3) is 11.3 Å². The first-order valence-corrected chi connectivity index (χ1v) is 10.2. The Morgan fingerprint density at radius 1 is 1.03 bits per heavy atom. The molecule has 0 bridgehead atoms. The molecule has 0 aliphatic heterocycles. The van der Waals surface area contributed by atoms with Crippen molar-refractivity contribution in [3.8, 4) is 11.3 Å². The zero-order valence-electron chi connectivity index (χ0n) is 16.6. The van der Waals surface area contributed by atoms with Crippen LogP contribution < -0.4 is 0 Å². The molecule has 1 aromatic heterocycles. The van der Waals surface area contributed by atoms with Gasteiger partial charge in [0.05, 0.1) is 17.5 Å². The number of carboxylic acid groups (broad SMARTS) is 1. The van der Waals surface area contributed by atoms with E-state index in [-0.39, 0.29) is 5.56 Å². The summed E-state index contributed by atoms with van der Waals surface area (Å²) in [6.45, 7) is 1.78. The Balaban J connectivity index is 1.47. The Kier molecular flexibility index (Phi) is 5.61. The van der Waals surface area contributed by atoms with Gasteiger partial charge < -0.3 is 9.52 Å². The van der Waals surface area contributed by atoms with Crippen molar-refractivity contribution in [2.75, 3.05) is 0 Å². The molecule has 148 valence electrons. The molecule has 4 nitrogen and oxygen atoms in total. The highest BCUT2D eigenvalue weighted by atomic mass is 16.4. The lowest BCUT2D eigenvalue weighted by atomic mass is 9.84. The molecule has 1 fully saturated rings. The average Bonchev–Trinajstić information content (AvgIpc) is 3.22. The fourth-order valence-corrected chi connectivity index (χ4v) is 3.99. The fraction of sp³-hybridized carbons (Fsp3) is 0.280. The Morgan fingerprint density at radius 3 is 2.52 bits per heavy atom. The van der Waals surface area contributed by atoms with Gasteiger partial charge in [-0.3, -0.25) is 4.99 Å².